The van der Waals surface area contributed by atoms with E-state index >= 15 is 0 Å². The van der Waals surface area contributed by atoms with Gasteiger partial charge in [0.25, 0.3) is 7.82 Å². The quantitative estimate of drug-likeness (QED) is 0.0277. The molecule has 0 aromatic carbocycles. The Morgan fingerprint density at radius 1 is 0.574 bits per heavy atom. The minimum Gasteiger partial charge on any atom is -0.756 e. The molecule has 0 fully saturated rings. The molecule has 0 amide bonds. The van der Waals surface area contributed by atoms with Crippen LogP contribution in [0.2, 0.25) is 0 Å². The van der Waals surface area contributed by atoms with E-state index in [1.807, 2.05) is 21.1 Å². The summed E-state index contributed by atoms with van der Waals surface area (Å²) >= 11 is 0. The predicted molar refractivity (Wildman–Crippen MR) is 194 cm³/mol. The summed E-state index contributed by atoms with van der Waals surface area (Å²) in [7, 11) is 1.37. The summed E-state index contributed by atoms with van der Waals surface area (Å²) in [6.45, 7) is 5.44. The van der Waals surface area contributed by atoms with Crippen LogP contribution in [0.4, 0.5) is 0 Å². The van der Waals surface area contributed by atoms with Crippen LogP contribution in [0.3, 0.4) is 0 Å². The Morgan fingerprint density at radius 2 is 0.979 bits per heavy atom. The average Bonchev–Trinajstić information content (AvgIpc) is 3.01. The van der Waals surface area contributed by atoms with Gasteiger partial charge in [0.1, 0.15) is 19.3 Å². The first-order chi connectivity index (χ1) is 22.6. The molecule has 8 nitrogen and oxygen atoms in total. The number of carbonyl (C=O) groups is 1. The monoisotopic (exact) mass is 692 g/mol. The third-order valence-electron chi connectivity index (χ3n) is 8.66. The summed E-state index contributed by atoms with van der Waals surface area (Å²) < 4.78 is 34.4. The van der Waals surface area contributed by atoms with E-state index in [2.05, 4.69) is 13.8 Å². The molecule has 282 valence electrons. The Hall–Kier alpha value is -0.500. The van der Waals surface area contributed by atoms with Crippen LogP contribution in [0.1, 0.15) is 181 Å². The molecule has 0 aromatic rings. The minimum absolute atomic E-state index is 0.0310. The Balaban J connectivity index is 4.25. The van der Waals surface area contributed by atoms with E-state index in [1.54, 1.807) is 0 Å². The number of nitrogens with zero attached hydrogens (tertiary/aromatic N) is 1. The molecule has 0 aliphatic heterocycles. The van der Waals surface area contributed by atoms with Crippen LogP contribution in [0.15, 0.2) is 0 Å². The van der Waals surface area contributed by atoms with Gasteiger partial charge >= 0.3 is 5.97 Å². The molecule has 0 N–H and O–H groups in total. The number of carbonyl (C=O) groups excluding carboxylic acids is 1. The lowest BCUT2D eigenvalue weighted by molar-refractivity contribution is -0.870. The molecule has 0 saturated carbocycles. The lowest BCUT2D eigenvalue weighted by atomic mass is 10.0. The molecule has 0 saturated heterocycles. The zero-order chi connectivity index (χ0) is 34.9. The van der Waals surface area contributed by atoms with Gasteiger partial charge in [-0.2, -0.15) is 0 Å². The van der Waals surface area contributed by atoms with Crippen molar-refractivity contribution in [3.8, 4) is 0 Å². The van der Waals surface area contributed by atoms with Crippen LogP contribution < -0.4 is 4.89 Å². The van der Waals surface area contributed by atoms with Crippen molar-refractivity contribution in [2.75, 3.05) is 54.1 Å². The third-order valence-corrected chi connectivity index (χ3v) is 9.62. The fraction of sp³-hybridized carbons (Fsp3) is 0.974. The van der Waals surface area contributed by atoms with Gasteiger partial charge in [0, 0.05) is 13.0 Å². The number of hydrogen-bond donors (Lipinski definition) is 0. The van der Waals surface area contributed by atoms with Gasteiger partial charge in [-0.15, -0.1) is 0 Å². The Labute approximate surface area is 291 Å². The molecule has 0 aromatic heterocycles. The second-order valence-corrected chi connectivity index (χ2v) is 16.1. The number of hydrogen-bond acceptors (Lipinski definition) is 7. The predicted octanol–water partition coefficient (Wildman–Crippen LogP) is 10.3. The zero-order valence-electron chi connectivity index (χ0n) is 31.7. The SMILES string of the molecule is CCCCCCCCCCCCCCCCC(=O)OC(COCCCCCCCCCCCCC)COP(=O)([O-])OCC[N+](C)(C)C. The molecule has 2 atom stereocenters. The summed E-state index contributed by atoms with van der Waals surface area (Å²) in [4.78, 5) is 24.9. The van der Waals surface area contributed by atoms with E-state index < -0.39 is 13.9 Å². The molecule has 9 heteroatoms. The van der Waals surface area contributed by atoms with Gasteiger partial charge in [0.05, 0.1) is 34.4 Å². The highest BCUT2D eigenvalue weighted by Gasteiger charge is 2.20. The highest BCUT2D eigenvalue weighted by molar-refractivity contribution is 7.45. The number of esters is 1. The Kier molecular flexibility index (Phi) is 32.3. The van der Waals surface area contributed by atoms with Gasteiger partial charge in [-0.25, -0.2) is 0 Å². The standard InChI is InChI=1S/C38H78NO7P/c1-6-8-10-12-14-16-18-19-20-21-23-25-27-29-31-38(40)46-37(36-45-47(41,42)44-34-32-39(3,4)5)35-43-33-30-28-26-24-22-17-15-13-11-9-7-2/h37H,6-36H2,1-5H3. The van der Waals surface area contributed by atoms with Crippen molar-refractivity contribution >= 4 is 13.8 Å². The Morgan fingerprint density at radius 3 is 1.40 bits per heavy atom. The first kappa shape index (κ1) is 46.5. The number of ether oxygens (including phenoxy) is 2. The van der Waals surface area contributed by atoms with Gasteiger partial charge in [-0.1, -0.05) is 162 Å². The van der Waals surface area contributed by atoms with Crippen molar-refractivity contribution in [2.24, 2.45) is 0 Å². The van der Waals surface area contributed by atoms with Crippen LogP contribution in [0.5, 0.6) is 0 Å². The summed E-state index contributed by atoms with van der Waals surface area (Å²) in [5, 5.41) is 0. The molecule has 47 heavy (non-hydrogen) atoms. The van der Waals surface area contributed by atoms with E-state index in [9.17, 15) is 14.3 Å². The van der Waals surface area contributed by atoms with Crippen molar-refractivity contribution in [2.45, 2.75) is 187 Å². The molecular weight excluding hydrogens is 613 g/mol. The number of quaternary nitrogens is 1. The molecular formula is C38H78NO7P. The van der Waals surface area contributed by atoms with Crippen molar-refractivity contribution in [1.82, 2.24) is 0 Å². The van der Waals surface area contributed by atoms with Crippen LogP contribution in [-0.4, -0.2) is 70.7 Å². The second-order valence-electron chi connectivity index (χ2n) is 14.7. The third kappa shape index (κ3) is 36.6. The lowest BCUT2D eigenvalue weighted by Crippen LogP contribution is -2.37. The maximum atomic E-state index is 12.6. The van der Waals surface area contributed by atoms with Crippen molar-refractivity contribution in [3.63, 3.8) is 0 Å². The van der Waals surface area contributed by atoms with E-state index in [0.29, 0.717) is 24.1 Å². The molecule has 0 radical (unpaired) electrons. The van der Waals surface area contributed by atoms with Gasteiger partial charge in [-0.3, -0.25) is 9.36 Å². The maximum absolute atomic E-state index is 12.6. The van der Waals surface area contributed by atoms with Crippen molar-refractivity contribution < 1.29 is 37.3 Å². The largest absolute Gasteiger partial charge is 0.756 e. The van der Waals surface area contributed by atoms with Crippen LogP contribution in [0.25, 0.3) is 0 Å². The van der Waals surface area contributed by atoms with Crippen molar-refractivity contribution in [3.05, 3.63) is 0 Å². The topological polar surface area (TPSA) is 94.1 Å². The van der Waals surface area contributed by atoms with Crippen molar-refractivity contribution in [1.29, 1.82) is 0 Å². The zero-order valence-corrected chi connectivity index (χ0v) is 32.6. The van der Waals surface area contributed by atoms with Crippen LogP contribution >= 0.6 is 7.82 Å². The van der Waals surface area contributed by atoms with Gasteiger partial charge in [-0.05, 0) is 12.8 Å². The molecule has 0 bridgehead atoms. The van der Waals surface area contributed by atoms with Gasteiger partial charge in [0.2, 0.25) is 0 Å². The first-order valence-corrected chi connectivity index (χ1v) is 21.2. The molecule has 0 spiro atoms. The summed E-state index contributed by atoms with van der Waals surface area (Å²) in [5.41, 5.74) is 0. The summed E-state index contributed by atoms with van der Waals surface area (Å²) in [6, 6.07) is 0. The molecule has 0 heterocycles. The molecule has 0 rings (SSSR count). The van der Waals surface area contributed by atoms with Crippen LogP contribution in [-0.2, 0) is 27.9 Å². The summed E-state index contributed by atoms with van der Waals surface area (Å²) in [5.74, 6) is -0.331. The number of unbranched alkanes of at least 4 members (excludes halogenated alkanes) is 23. The Bertz CT molecular complexity index is 731. The van der Waals surface area contributed by atoms with Gasteiger partial charge in [0.15, 0.2) is 0 Å². The maximum Gasteiger partial charge on any atom is 0.306 e. The minimum atomic E-state index is -4.51. The van der Waals surface area contributed by atoms with Gasteiger partial charge < -0.3 is 27.9 Å². The lowest BCUT2D eigenvalue weighted by Gasteiger charge is -2.28. The van der Waals surface area contributed by atoms with Crippen LogP contribution in [0, 0.1) is 0 Å². The van der Waals surface area contributed by atoms with E-state index in [-0.39, 0.29) is 25.8 Å². The van der Waals surface area contributed by atoms with E-state index in [4.69, 9.17) is 18.5 Å². The molecule has 2 unspecified atom stereocenters. The number of phosphoric acid groups is 1. The normalized spacial score (nSPS) is 13.9. The smallest absolute Gasteiger partial charge is 0.306 e. The molecule has 0 aliphatic carbocycles. The van der Waals surface area contributed by atoms with E-state index in [0.717, 1.165) is 32.1 Å². The highest BCUT2D eigenvalue weighted by atomic mass is 31.2. The van der Waals surface area contributed by atoms with E-state index in [1.165, 1.54) is 128 Å². The highest BCUT2D eigenvalue weighted by Crippen LogP contribution is 2.38. The average molecular weight is 692 g/mol. The number of phosphoric ester groups is 1. The number of likely N-dealkylation sites (N-methyl/N-ethyl adjacent to an activating group) is 1. The molecule has 0 aliphatic rings. The first-order valence-electron chi connectivity index (χ1n) is 19.8. The second kappa shape index (κ2) is 32.7. The fourth-order valence-corrected chi connectivity index (χ4v) is 6.27. The number of rotatable bonds is 37. The summed E-state index contributed by atoms with van der Waals surface area (Å²) in [6.07, 6.45) is 31.0. The fourth-order valence-electron chi connectivity index (χ4n) is 5.55.